The number of nitrogens with two attached hydrogens (primary N) is 1. The molecular weight excluding hydrogens is 344 g/mol. The van der Waals surface area contributed by atoms with Crippen LogP contribution in [0.4, 0.5) is 0 Å². The number of benzene rings is 3. The van der Waals surface area contributed by atoms with E-state index in [0.29, 0.717) is 11.1 Å². The van der Waals surface area contributed by atoms with Crippen molar-refractivity contribution in [1.29, 1.82) is 5.41 Å². The van der Waals surface area contributed by atoms with Crippen LogP contribution in [-0.2, 0) is 9.78 Å². The van der Waals surface area contributed by atoms with Crippen molar-refractivity contribution < 1.29 is 19.4 Å². The predicted molar refractivity (Wildman–Crippen MR) is 101 cm³/mol. The summed E-state index contributed by atoms with van der Waals surface area (Å²) in [5.41, 5.74) is 6.61. The second-order valence-corrected chi connectivity index (χ2v) is 5.25. The molecule has 0 spiro atoms. The molecule has 0 unspecified atom stereocenters. The van der Waals surface area contributed by atoms with Gasteiger partial charge in [-0.15, -0.1) is 0 Å². The van der Waals surface area contributed by atoms with E-state index in [1.807, 2.05) is 30.3 Å². The van der Waals surface area contributed by atoms with Gasteiger partial charge in [-0.25, -0.2) is 19.4 Å². The highest BCUT2D eigenvalue weighted by Gasteiger charge is 2.12. The van der Waals surface area contributed by atoms with Gasteiger partial charge in [-0.05, 0) is 24.3 Å². The first kappa shape index (κ1) is 19.4. The van der Waals surface area contributed by atoms with E-state index in [0.717, 1.165) is 5.56 Å². The van der Waals surface area contributed by atoms with Gasteiger partial charge in [0.1, 0.15) is 5.84 Å². The first-order chi connectivity index (χ1) is 13.1. The third kappa shape index (κ3) is 6.47. The van der Waals surface area contributed by atoms with Crippen LogP contribution in [0.3, 0.4) is 0 Å². The van der Waals surface area contributed by atoms with E-state index in [-0.39, 0.29) is 5.84 Å². The van der Waals surface area contributed by atoms with Gasteiger partial charge in [0.2, 0.25) is 0 Å². The van der Waals surface area contributed by atoms with Crippen LogP contribution in [0.2, 0.25) is 0 Å². The van der Waals surface area contributed by atoms with Crippen LogP contribution in [0, 0.1) is 5.41 Å². The van der Waals surface area contributed by atoms with Crippen molar-refractivity contribution in [3.05, 3.63) is 108 Å². The number of hydrogen-bond acceptors (Lipinski definition) is 5. The highest BCUT2D eigenvalue weighted by molar-refractivity contribution is 5.94. The van der Waals surface area contributed by atoms with Gasteiger partial charge in [0.15, 0.2) is 0 Å². The van der Waals surface area contributed by atoms with Gasteiger partial charge in [-0.3, -0.25) is 5.41 Å². The molecule has 0 aliphatic carbocycles. The summed E-state index contributed by atoms with van der Waals surface area (Å²) in [6.07, 6.45) is 0. The third-order valence-electron chi connectivity index (χ3n) is 3.30. The highest BCUT2D eigenvalue weighted by atomic mass is 17.2. The van der Waals surface area contributed by atoms with Crippen LogP contribution in [-0.4, -0.2) is 17.8 Å². The van der Waals surface area contributed by atoms with Crippen LogP contribution >= 0.6 is 0 Å². The van der Waals surface area contributed by atoms with Crippen molar-refractivity contribution in [3.63, 3.8) is 0 Å². The molecule has 3 rings (SSSR count). The van der Waals surface area contributed by atoms with E-state index in [2.05, 4.69) is 9.78 Å². The molecule has 136 valence electrons. The molecule has 6 heteroatoms. The SMILES string of the molecule is N=C(N)c1ccccc1.O=C(OOC(=O)c1ccccc1)c1ccccc1. The fourth-order valence-electron chi connectivity index (χ4n) is 1.94. The summed E-state index contributed by atoms with van der Waals surface area (Å²) in [6, 6.07) is 25.8. The van der Waals surface area contributed by atoms with Gasteiger partial charge >= 0.3 is 11.9 Å². The second kappa shape index (κ2) is 10.1. The quantitative estimate of drug-likeness (QED) is 0.321. The number of carbonyl (C=O) groups excluding carboxylic acids is 2. The average Bonchev–Trinajstić information content (AvgIpc) is 2.74. The van der Waals surface area contributed by atoms with Crippen molar-refractivity contribution in [2.75, 3.05) is 0 Å². The first-order valence-corrected chi connectivity index (χ1v) is 8.00. The average molecular weight is 362 g/mol. The lowest BCUT2D eigenvalue weighted by Crippen LogP contribution is -2.11. The van der Waals surface area contributed by atoms with E-state index < -0.39 is 11.9 Å². The topological polar surface area (TPSA) is 102 Å². The maximum absolute atomic E-state index is 11.5. The molecule has 0 radical (unpaired) electrons. The van der Waals surface area contributed by atoms with Gasteiger partial charge in [0, 0.05) is 5.56 Å². The maximum Gasteiger partial charge on any atom is 0.386 e. The van der Waals surface area contributed by atoms with E-state index in [1.54, 1.807) is 60.7 Å². The molecule has 0 amide bonds. The lowest BCUT2D eigenvalue weighted by atomic mass is 10.2. The molecule has 0 saturated carbocycles. The zero-order valence-electron chi connectivity index (χ0n) is 14.4. The summed E-state index contributed by atoms with van der Waals surface area (Å²) in [6.45, 7) is 0. The smallest absolute Gasteiger partial charge is 0.384 e. The van der Waals surface area contributed by atoms with Crippen molar-refractivity contribution in [1.82, 2.24) is 0 Å². The minimum atomic E-state index is -0.708. The Morgan fingerprint density at radius 2 is 0.889 bits per heavy atom. The Kier molecular flexibility index (Phi) is 7.29. The van der Waals surface area contributed by atoms with Crippen LogP contribution in [0.1, 0.15) is 26.3 Å². The molecule has 0 aliphatic rings. The van der Waals surface area contributed by atoms with Crippen molar-refractivity contribution in [2.24, 2.45) is 5.73 Å². The number of amidine groups is 1. The lowest BCUT2D eigenvalue weighted by Gasteiger charge is -2.02. The Labute approximate surface area is 156 Å². The normalized spacial score (nSPS) is 9.33. The zero-order valence-corrected chi connectivity index (χ0v) is 14.4. The molecule has 6 nitrogen and oxygen atoms in total. The molecule has 0 atom stereocenters. The largest absolute Gasteiger partial charge is 0.386 e. The van der Waals surface area contributed by atoms with Gasteiger partial charge in [0.05, 0.1) is 11.1 Å². The standard InChI is InChI=1S/C14H10O4.C7H8N2/c15-13(11-7-3-1-4-8-11)17-18-14(16)12-9-5-2-6-10-12;8-7(9)6-4-2-1-3-5-6/h1-10H;1-5H,(H3,8,9). The van der Waals surface area contributed by atoms with Crippen LogP contribution in [0.15, 0.2) is 91.0 Å². The molecule has 0 aromatic heterocycles. The minimum Gasteiger partial charge on any atom is -0.384 e. The molecular formula is C21H18N2O4. The lowest BCUT2D eigenvalue weighted by molar-refractivity contribution is -0.187. The Hall–Kier alpha value is -3.93. The molecule has 27 heavy (non-hydrogen) atoms. The summed E-state index contributed by atoms with van der Waals surface area (Å²) < 4.78 is 0. The molecule has 0 fully saturated rings. The fourth-order valence-corrected chi connectivity index (χ4v) is 1.94. The Morgan fingerprint density at radius 3 is 1.15 bits per heavy atom. The summed E-state index contributed by atoms with van der Waals surface area (Å²) in [5, 5.41) is 7.01. The van der Waals surface area contributed by atoms with Crippen LogP contribution in [0.25, 0.3) is 0 Å². The zero-order chi connectivity index (χ0) is 19.5. The van der Waals surface area contributed by atoms with Crippen molar-refractivity contribution in [3.8, 4) is 0 Å². The summed E-state index contributed by atoms with van der Waals surface area (Å²) in [5.74, 6) is -1.30. The third-order valence-corrected chi connectivity index (χ3v) is 3.30. The fraction of sp³-hybridized carbons (Fsp3) is 0. The Morgan fingerprint density at radius 1 is 0.593 bits per heavy atom. The molecule has 0 aliphatic heterocycles. The van der Waals surface area contributed by atoms with Gasteiger partial charge in [0.25, 0.3) is 0 Å². The van der Waals surface area contributed by atoms with Gasteiger partial charge in [-0.1, -0.05) is 66.7 Å². The van der Waals surface area contributed by atoms with Gasteiger partial charge < -0.3 is 5.73 Å². The Bertz CT molecular complexity index is 830. The first-order valence-electron chi connectivity index (χ1n) is 8.00. The second-order valence-electron chi connectivity index (χ2n) is 5.25. The number of rotatable bonds is 3. The number of nitrogens with one attached hydrogen (secondary N) is 1. The van der Waals surface area contributed by atoms with E-state index >= 15 is 0 Å². The summed E-state index contributed by atoms with van der Waals surface area (Å²) >= 11 is 0. The van der Waals surface area contributed by atoms with E-state index in [4.69, 9.17) is 11.1 Å². The molecule has 0 bridgehead atoms. The van der Waals surface area contributed by atoms with Crippen molar-refractivity contribution in [2.45, 2.75) is 0 Å². The molecule has 0 saturated heterocycles. The molecule has 3 aromatic rings. The molecule has 0 heterocycles. The minimum absolute atomic E-state index is 0.121. The summed E-state index contributed by atoms with van der Waals surface area (Å²) in [4.78, 5) is 31.9. The number of carbonyl (C=O) groups is 2. The molecule has 3 aromatic carbocycles. The molecule has 3 N–H and O–H groups in total. The predicted octanol–water partition coefficient (Wildman–Crippen LogP) is 3.59. The number of nitrogen functional groups attached to an aromatic ring is 1. The van der Waals surface area contributed by atoms with Crippen LogP contribution in [0.5, 0.6) is 0 Å². The highest BCUT2D eigenvalue weighted by Crippen LogP contribution is 2.05. The van der Waals surface area contributed by atoms with E-state index in [9.17, 15) is 9.59 Å². The van der Waals surface area contributed by atoms with Crippen molar-refractivity contribution >= 4 is 17.8 Å². The Balaban J connectivity index is 0.000000244. The monoisotopic (exact) mass is 362 g/mol. The van der Waals surface area contributed by atoms with Crippen LogP contribution < -0.4 is 5.73 Å². The van der Waals surface area contributed by atoms with E-state index in [1.165, 1.54) is 0 Å². The van der Waals surface area contributed by atoms with Gasteiger partial charge in [-0.2, -0.15) is 0 Å². The number of hydrogen-bond donors (Lipinski definition) is 2. The summed E-state index contributed by atoms with van der Waals surface area (Å²) in [7, 11) is 0. The maximum atomic E-state index is 11.5.